The van der Waals surface area contributed by atoms with Crippen LogP contribution < -0.4 is 29.6 Å². The van der Waals surface area contributed by atoms with Crippen molar-refractivity contribution in [1.29, 1.82) is 0 Å². The fourth-order valence-corrected chi connectivity index (χ4v) is 6.76. The average molecular weight is 867 g/mol. The second-order valence-electron chi connectivity index (χ2n) is 12.0. The van der Waals surface area contributed by atoms with Crippen LogP contribution in [0.5, 0.6) is 5.75 Å². The number of rotatable bonds is 14. The van der Waals surface area contributed by atoms with E-state index in [0.717, 1.165) is 28.5 Å². The van der Waals surface area contributed by atoms with Crippen LogP contribution in [0.25, 0.3) is 12.2 Å². The first kappa shape index (κ1) is 59.4. The predicted octanol–water partition coefficient (Wildman–Crippen LogP) is 4.03. The van der Waals surface area contributed by atoms with Crippen molar-refractivity contribution in [3.05, 3.63) is 134 Å². The van der Waals surface area contributed by atoms with E-state index in [0.29, 0.717) is 39.9 Å². The van der Waals surface area contributed by atoms with Gasteiger partial charge in [0.1, 0.15) is 5.75 Å². The van der Waals surface area contributed by atoms with E-state index in [1.54, 1.807) is 74.5 Å². The molecule has 0 aromatic heterocycles. The smallest absolute Gasteiger partial charge is 1.00 e. The second kappa shape index (κ2) is 32.1. The van der Waals surface area contributed by atoms with Crippen LogP contribution in [-0.4, -0.2) is 116 Å². The zero-order valence-corrected chi connectivity index (χ0v) is 38.5. The van der Waals surface area contributed by atoms with Crippen molar-refractivity contribution in [2.45, 2.75) is 34.4 Å². The first-order valence-electron chi connectivity index (χ1n) is 17.7. The SMILES string of the molecule is C.CCOP(=O)(Cc1ccc(C(=O)OC)cc1)OCC.COC(=O)c1ccc(/C=C/c2ccc(O)cc2Cl)cc1.Cc1ccc(C=O)c(Cl)c1.[B][B]B(B([B])[B])B([B])[B].[H-].[Na+]. The third-order valence-corrected chi connectivity index (χ3v) is 10.3. The van der Waals surface area contributed by atoms with Gasteiger partial charge in [-0.1, -0.05) is 73.1 Å². The minimum absolute atomic E-state index is 0. The Kier molecular flexibility index (Phi) is 31.8. The van der Waals surface area contributed by atoms with Crippen LogP contribution >= 0.6 is 30.8 Å². The topological polar surface area (TPSA) is 125 Å². The third kappa shape index (κ3) is 22.4. The number of methoxy groups -OCH3 is 2. The molecule has 4 aromatic rings. The summed E-state index contributed by atoms with van der Waals surface area (Å²) < 4.78 is 32.0. The van der Waals surface area contributed by atoms with Crippen LogP contribution in [-0.2, 0) is 29.2 Å². The molecule has 4 aromatic carbocycles. The Balaban J connectivity index is -0.000000762. The maximum absolute atomic E-state index is 12.3. The Morgan fingerprint density at radius 1 is 0.783 bits per heavy atom. The Morgan fingerprint density at radius 3 is 1.63 bits per heavy atom. The minimum Gasteiger partial charge on any atom is -1.00 e. The zero-order valence-electron chi connectivity index (χ0n) is 35.0. The third-order valence-electron chi connectivity index (χ3n) is 7.57. The molecule has 0 aliphatic rings. The van der Waals surface area contributed by atoms with E-state index in [2.05, 4.69) is 9.47 Å². The van der Waals surface area contributed by atoms with Crippen molar-refractivity contribution in [2.24, 2.45) is 0 Å². The van der Waals surface area contributed by atoms with Crippen molar-refractivity contribution in [3.63, 3.8) is 0 Å². The molecule has 0 unspecified atom stereocenters. The number of carbonyl (C=O) groups excluding carboxylic acids is 3. The molecule has 60 heavy (non-hydrogen) atoms. The number of ether oxygens (including phenoxy) is 2. The number of aromatic hydroxyl groups is 1. The number of aldehydes is 1. The van der Waals surface area contributed by atoms with Crippen molar-refractivity contribution in [1.82, 2.24) is 0 Å². The average Bonchev–Trinajstić information content (AvgIpc) is 3.18. The molecule has 0 spiro atoms. The molecule has 0 aliphatic heterocycles. The fourth-order valence-electron chi connectivity index (χ4n) is 4.54. The molecular formula is C38H44B9Cl2NaO9P. The summed E-state index contributed by atoms with van der Waals surface area (Å²) in [7, 11) is 27.0. The summed E-state index contributed by atoms with van der Waals surface area (Å²) in [6.07, 6.45) is 3.20. The minimum atomic E-state index is -3.10. The van der Waals surface area contributed by atoms with Gasteiger partial charge < -0.3 is 25.1 Å². The van der Waals surface area contributed by atoms with Crippen molar-refractivity contribution < 1.29 is 73.6 Å². The van der Waals surface area contributed by atoms with E-state index in [9.17, 15) is 24.1 Å². The summed E-state index contributed by atoms with van der Waals surface area (Å²) in [5.41, 5.74) is 5.10. The number of halogens is 2. The van der Waals surface area contributed by atoms with E-state index in [1.165, 1.54) is 27.3 Å². The summed E-state index contributed by atoms with van der Waals surface area (Å²) in [5.74, 6) is -0.624. The van der Waals surface area contributed by atoms with E-state index in [1.807, 2.05) is 37.3 Å². The van der Waals surface area contributed by atoms with Crippen LogP contribution in [0, 0.1) is 6.92 Å². The van der Waals surface area contributed by atoms with Crippen molar-refractivity contribution >= 4 is 126 Å². The van der Waals surface area contributed by atoms with Gasteiger partial charge in [0.25, 0.3) is 0 Å². The van der Waals surface area contributed by atoms with E-state index >= 15 is 0 Å². The summed E-state index contributed by atoms with van der Waals surface area (Å²) in [5, 5.41) is 10.3. The first-order valence-corrected chi connectivity index (χ1v) is 20.1. The largest absolute Gasteiger partial charge is 1.00 e. The van der Waals surface area contributed by atoms with Gasteiger partial charge in [-0.15, -0.1) is 0 Å². The molecule has 11 radical (unpaired) electrons. The van der Waals surface area contributed by atoms with Gasteiger partial charge in [0.05, 0.1) is 54.8 Å². The maximum Gasteiger partial charge on any atom is 1.00 e. The Labute approximate surface area is 398 Å². The number of hydrogen-bond donors (Lipinski definition) is 1. The molecule has 0 fully saturated rings. The Morgan fingerprint density at radius 2 is 1.25 bits per heavy atom. The molecule has 0 aliphatic carbocycles. The van der Waals surface area contributed by atoms with Gasteiger partial charge in [-0.25, -0.2) is 9.59 Å². The summed E-state index contributed by atoms with van der Waals surface area (Å²) in [4.78, 5) is 32.8. The molecule has 297 valence electrons. The second-order valence-corrected chi connectivity index (χ2v) is 14.9. The molecular weight excluding hydrogens is 823 g/mol. The monoisotopic (exact) mass is 867 g/mol. The van der Waals surface area contributed by atoms with Crippen LogP contribution in [0.3, 0.4) is 0 Å². The molecule has 0 saturated carbocycles. The van der Waals surface area contributed by atoms with Crippen LogP contribution in [0.15, 0.2) is 84.9 Å². The summed E-state index contributed by atoms with van der Waals surface area (Å²) >= 11 is 11.7. The molecule has 0 atom stereocenters. The van der Waals surface area contributed by atoms with E-state index in [-0.39, 0.29) is 62.7 Å². The Bertz CT molecular complexity index is 1960. The molecule has 9 nitrogen and oxygen atoms in total. The molecule has 22 heteroatoms. The number of benzene rings is 4. The van der Waals surface area contributed by atoms with Gasteiger partial charge in [0, 0.05) is 70.5 Å². The molecule has 0 heterocycles. The van der Waals surface area contributed by atoms with Crippen LogP contribution in [0.1, 0.15) is 76.0 Å². The number of aryl methyl sites for hydroxylation is 1. The van der Waals surface area contributed by atoms with E-state index in [4.69, 9.17) is 70.9 Å². The van der Waals surface area contributed by atoms with Crippen LogP contribution in [0.2, 0.25) is 10.0 Å². The molecule has 1 N–H and O–H groups in total. The van der Waals surface area contributed by atoms with Gasteiger partial charge in [0.15, 0.2) is 6.29 Å². The van der Waals surface area contributed by atoms with Crippen molar-refractivity contribution in [3.8, 4) is 5.75 Å². The predicted molar refractivity (Wildman–Crippen MR) is 253 cm³/mol. The fraction of sp³-hybridized carbons (Fsp3) is 0.237. The quantitative estimate of drug-likeness (QED) is 0.0659. The molecule has 0 bridgehead atoms. The number of esters is 2. The van der Waals surface area contributed by atoms with Crippen molar-refractivity contribution in [2.75, 3.05) is 27.4 Å². The normalized spacial score (nSPS) is 9.92. The van der Waals surface area contributed by atoms with Crippen LogP contribution in [0.4, 0.5) is 0 Å². The Hall–Kier alpha value is -2.66. The van der Waals surface area contributed by atoms with Gasteiger partial charge in [-0.05, 0) is 97.6 Å². The summed E-state index contributed by atoms with van der Waals surface area (Å²) in [6, 6.07) is 23.9. The zero-order chi connectivity index (χ0) is 43.8. The van der Waals surface area contributed by atoms with Gasteiger partial charge >= 0.3 is 49.1 Å². The standard InChI is InChI=1S/C16H13ClO3.C13H19O5P.C8H7ClO.CH4.B9.Na.H/c1-20-16(19)13-6-3-11(4-7-13)2-5-12-8-9-14(18)10-15(12)17;1-4-17-19(15,18-5-2)10-11-6-8-12(9-7-11)13(14)16-3;1-6-2-3-7(5-10)8(9)4-6;;1-6-9(7(2)3)8(4)5;;/h2-10,18H,1H3;6-9H,4-5,10H2,1-3H3;2-5H,1H3;1H4;;;/q;;;;;+1;-1/b5-2+;;;;;;. The van der Waals surface area contributed by atoms with Gasteiger partial charge in [-0.2, -0.15) is 0 Å². The summed E-state index contributed by atoms with van der Waals surface area (Å²) in [6.45, 7) is 6.13. The molecule has 0 amide bonds. The number of phenolic OH excluding ortho intramolecular Hbond substituents is 1. The first-order chi connectivity index (χ1) is 27.5. The number of hydrogen-bond acceptors (Lipinski definition) is 9. The number of phenols is 1. The molecule has 0 saturated heterocycles. The van der Waals surface area contributed by atoms with Gasteiger partial charge in [-0.3, -0.25) is 9.36 Å². The van der Waals surface area contributed by atoms with Gasteiger partial charge in [0.2, 0.25) is 0 Å². The maximum atomic E-state index is 12.3. The molecule has 4 rings (SSSR count). The van der Waals surface area contributed by atoms with E-state index < -0.39 is 26.3 Å². The number of carbonyl (C=O) groups is 3.